The van der Waals surface area contributed by atoms with Gasteiger partial charge in [0.05, 0.1) is 11.4 Å². The summed E-state index contributed by atoms with van der Waals surface area (Å²) in [7, 11) is 0. The molecule has 0 bridgehead atoms. The highest BCUT2D eigenvalue weighted by molar-refractivity contribution is 5.68. The summed E-state index contributed by atoms with van der Waals surface area (Å²) in [6.45, 7) is 9.37. The minimum absolute atomic E-state index is 0.249. The Bertz CT molecular complexity index is 1090. The van der Waals surface area contributed by atoms with E-state index in [1.165, 1.54) is 18.2 Å². The van der Waals surface area contributed by atoms with Gasteiger partial charge in [-0.15, -0.1) is 18.3 Å². The number of ether oxygens (including phenoxy) is 1. The van der Waals surface area contributed by atoms with E-state index < -0.39 is 6.36 Å². The van der Waals surface area contributed by atoms with Gasteiger partial charge in [-0.3, -0.25) is 0 Å². The smallest absolute Gasteiger partial charge is 0.406 e. The summed E-state index contributed by atoms with van der Waals surface area (Å²) >= 11 is 0. The van der Waals surface area contributed by atoms with Crippen molar-refractivity contribution in [1.29, 1.82) is 0 Å². The van der Waals surface area contributed by atoms with Gasteiger partial charge in [-0.05, 0) is 37.1 Å². The van der Waals surface area contributed by atoms with Crippen LogP contribution in [0.25, 0.3) is 16.9 Å². The van der Waals surface area contributed by atoms with E-state index in [2.05, 4.69) is 40.9 Å². The molecule has 8 heteroatoms. The lowest BCUT2D eigenvalue weighted by molar-refractivity contribution is -0.274. The van der Waals surface area contributed by atoms with Crippen LogP contribution in [-0.2, 0) is 0 Å². The van der Waals surface area contributed by atoms with Crippen LogP contribution in [0, 0.1) is 11.8 Å². The molecule has 2 heterocycles. The standard InChI is InChI=1S/C24H25F3N4O/c1-15-16(2)28-14-21(15)17(3)29-23-13-22(31(30-23)19-9-5-4-6-10-19)18-8-7-11-20(12-18)32-24(25,26)27/h4-13,15-16,21,28H,3,14H2,1-2H3,(H,29,30)/t15-,16?,21?/m0/s1. The Morgan fingerprint density at radius 2 is 1.88 bits per heavy atom. The van der Waals surface area contributed by atoms with Gasteiger partial charge in [-0.1, -0.05) is 43.8 Å². The molecule has 0 spiro atoms. The third-order valence-corrected chi connectivity index (χ3v) is 5.89. The van der Waals surface area contributed by atoms with Crippen LogP contribution >= 0.6 is 0 Å². The number of aromatic nitrogens is 2. The SMILES string of the molecule is C=C(Nc1cc(-c2cccc(OC(F)(F)F)c2)n(-c2ccccc2)n1)C1CNC(C)[C@@H]1C. The number of hydrogen-bond acceptors (Lipinski definition) is 4. The number of nitrogens with zero attached hydrogens (tertiary/aromatic N) is 2. The maximum Gasteiger partial charge on any atom is 0.573 e. The van der Waals surface area contributed by atoms with E-state index in [1.807, 2.05) is 30.3 Å². The predicted molar refractivity (Wildman–Crippen MR) is 119 cm³/mol. The Balaban J connectivity index is 1.68. The first-order valence-corrected chi connectivity index (χ1v) is 10.4. The van der Waals surface area contributed by atoms with Crippen molar-refractivity contribution in [2.24, 2.45) is 11.8 Å². The van der Waals surface area contributed by atoms with E-state index in [1.54, 1.807) is 16.8 Å². The number of rotatable bonds is 6. The first-order chi connectivity index (χ1) is 15.2. The van der Waals surface area contributed by atoms with Crippen molar-refractivity contribution in [1.82, 2.24) is 15.1 Å². The zero-order chi connectivity index (χ0) is 22.9. The van der Waals surface area contributed by atoms with Gasteiger partial charge in [0.2, 0.25) is 0 Å². The van der Waals surface area contributed by atoms with Crippen LogP contribution in [0.1, 0.15) is 13.8 Å². The third kappa shape index (κ3) is 4.80. The molecule has 1 aromatic heterocycles. The van der Waals surface area contributed by atoms with Crippen molar-refractivity contribution in [2.45, 2.75) is 26.3 Å². The summed E-state index contributed by atoms with van der Waals surface area (Å²) in [5, 5.41) is 11.4. The summed E-state index contributed by atoms with van der Waals surface area (Å²) in [4.78, 5) is 0. The normalized spacial score (nSPS) is 20.8. The van der Waals surface area contributed by atoms with E-state index in [4.69, 9.17) is 0 Å². The van der Waals surface area contributed by atoms with Gasteiger partial charge in [0.1, 0.15) is 5.75 Å². The van der Waals surface area contributed by atoms with Crippen molar-refractivity contribution in [3.05, 3.63) is 72.9 Å². The molecule has 3 atom stereocenters. The van der Waals surface area contributed by atoms with Crippen LogP contribution in [0.2, 0.25) is 0 Å². The van der Waals surface area contributed by atoms with E-state index in [-0.39, 0.29) is 11.7 Å². The number of nitrogens with one attached hydrogen (secondary N) is 2. The average Bonchev–Trinajstić information content (AvgIpc) is 3.31. The van der Waals surface area contributed by atoms with Crippen LogP contribution in [0.5, 0.6) is 5.75 Å². The van der Waals surface area contributed by atoms with Gasteiger partial charge in [0.15, 0.2) is 5.82 Å². The highest BCUT2D eigenvalue weighted by Gasteiger charge is 2.32. The fourth-order valence-corrected chi connectivity index (χ4v) is 4.00. The molecule has 4 rings (SSSR count). The molecule has 168 valence electrons. The minimum Gasteiger partial charge on any atom is -0.406 e. The number of anilines is 1. The molecule has 32 heavy (non-hydrogen) atoms. The summed E-state index contributed by atoms with van der Waals surface area (Å²) in [5.74, 6) is 0.957. The van der Waals surface area contributed by atoms with Crippen LogP contribution < -0.4 is 15.4 Å². The summed E-state index contributed by atoms with van der Waals surface area (Å²) in [6, 6.07) is 17.5. The Morgan fingerprint density at radius 1 is 1.12 bits per heavy atom. The van der Waals surface area contributed by atoms with Crippen molar-refractivity contribution in [3.63, 3.8) is 0 Å². The Morgan fingerprint density at radius 3 is 2.53 bits per heavy atom. The third-order valence-electron chi connectivity index (χ3n) is 5.89. The van der Waals surface area contributed by atoms with Gasteiger partial charge in [0, 0.05) is 35.8 Å². The largest absolute Gasteiger partial charge is 0.573 e. The van der Waals surface area contributed by atoms with Crippen LogP contribution in [0.15, 0.2) is 72.9 Å². The zero-order valence-electron chi connectivity index (χ0n) is 17.9. The molecule has 1 aliphatic rings. The van der Waals surface area contributed by atoms with Crippen molar-refractivity contribution < 1.29 is 17.9 Å². The zero-order valence-corrected chi connectivity index (χ0v) is 17.9. The second-order valence-electron chi connectivity index (χ2n) is 8.05. The second-order valence-corrected chi connectivity index (χ2v) is 8.05. The molecule has 0 aliphatic carbocycles. The predicted octanol–water partition coefficient (Wildman–Crippen LogP) is 5.61. The first-order valence-electron chi connectivity index (χ1n) is 10.4. The van der Waals surface area contributed by atoms with Crippen molar-refractivity contribution >= 4 is 5.82 Å². The summed E-state index contributed by atoms with van der Waals surface area (Å²) in [6.07, 6.45) is -4.76. The molecule has 2 aromatic carbocycles. The van der Waals surface area contributed by atoms with Crippen LogP contribution in [0.3, 0.4) is 0 Å². The number of alkyl halides is 3. The molecule has 2 unspecified atom stereocenters. The maximum absolute atomic E-state index is 12.7. The number of hydrogen-bond donors (Lipinski definition) is 2. The van der Waals surface area contributed by atoms with Crippen molar-refractivity contribution in [3.8, 4) is 22.7 Å². The van der Waals surface area contributed by atoms with E-state index >= 15 is 0 Å². The van der Waals surface area contributed by atoms with Gasteiger partial charge >= 0.3 is 6.36 Å². The number of para-hydroxylation sites is 1. The molecule has 1 saturated heterocycles. The first kappa shape index (κ1) is 22.0. The minimum atomic E-state index is -4.76. The summed E-state index contributed by atoms with van der Waals surface area (Å²) < 4.78 is 43.9. The van der Waals surface area contributed by atoms with Crippen LogP contribution in [-0.4, -0.2) is 28.7 Å². The van der Waals surface area contributed by atoms with Crippen LogP contribution in [0.4, 0.5) is 19.0 Å². The molecule has 0 radical (unpaired) electrons. The Labute approximate surface area is 184 Å². The van der Waals surface area contributed by atoms with Gasteiger partial charge in [-0.2, -0.15) is 0 Å². The molecule has 0 amide bonds. The number of halogens is 3. The van der Waals surface area contributed by atoms with Gasteiger partial charge < -0.3 is 15.4 Å². The molecule has 3 aromatic rings. The Kier molecular flexibility index (Phi) is 5.97. The van der Waals surface area contributed by atoms with E-state index in [9.17, 15) is 13.2 Å². The second kappa shape index (κ2) is 8.70. The molecular weight excluding hydrogens is 417 g/mol. The molecule has 5 nitrogen and oxygen atoms in total. The lowest BCUT2D eigenvalue weighted by Gasteiger charge is -2.19. The van der Waals surface area contributed by atoms with E-state index in [0.717, 1.165) is 17.9 Å². The topological polar surface area (TPSA) is 51.1 Å². The molecule has 2 N–H and O–H groups in total. The Hall–Kier alpha value is -3.26. The fraction of sp³-hybridized carbons (Fsp3) is 0.292. The maximum atomic E-state index is 12.7. The lowest BCUT2D eigenvalue weighted by atomic mass is 9.91. The summed E-state index contributed by atoms with van der Waals surface area (Å²) in [5.41, 5.74) is 2.82. The van der Waals surface area contributed by atoms with Crippen molar-refractivity contribution in [2.75, 3.05) is 11.9 Å². The molecule has 1 fully saturated rings. The van der Waals surface area contributed by atoms with Gasteiger partial charge in [0.25, 0.3) is 0 Å². The lowest BCUT2D eigenvalue weighted by Crippen LogP contribution is -2.21. The highest BCUT2D eigenvalue weighted by Crippen LogP contribution is 2.33. The quantitative estimate of drug-likeness (QED) is 0.521. The fourth-order valence-electron chi connectivity index (χ4n) is 4.00. The molecule has 0 saturated carbocycles. The number of benzene rings is 2. The average molecular weight is 442 g/mol. The molecular formula is C24H25F3N4O. The van der Waals surface area contributed by atoms with Gasteiger partial charge in [-0.25, -0.2) is 4.68 Å². The molecule has 1 aliphatic heterocycles. The monoisotopic (exact) mass is 442 g/mol. The van der Waals surface area contributed by atoms with E-state index in [0.29, 0.717) is 29.0 Å². The highest BCUT2D eigenvalue weighted by atomic mass is 19.4.